The predicted octanol–water partition coefficient (Wildman–Crippen LogP) is 1.52. The zero-order valence-corrected chi connectivity index (χ0v) is 19.6. The van der Waals surface area contributed by atoms with Crippen molar-refractivity contribution in [1.29, 1.82) is 0 Å². The SMILES string of the molecule is CC(=O)OC[C@H]1O[C@@H](n2nc(C)c(Br)c2C)[C@H](OC(C)=O)[C@@H](OC(C)=O)[C@@H]1OC(C)=O. The number of ether oxygens (including phenoxy) is 5. The number of halogens is 1. The van der Waals surface area contributed by atoms with Gasteiger partial charge in [0.15, 0.2) is 24.5 Å². The smallest absolute Gasteiger partial charge is 0.303 e. The van der Waals surface area contributed by atoms with E-state index in [2.05, 4.69) is 21.0 Å². The normalized spacial score (nSPS) is 25.5. The minimum Gasteiger partial charge on any atom is -0.463 e. The van der Waals surface area contributed by atoms with E-state index in [1.807, 2.05) is 0 Å². The molecule has 0 bridgehead atoms. The molecule has 5 atom stereocenters. The summed E-state index contributed by atoms with van der Waals surface area (Å²) in [6.45, 7) is 7.96. The summed E-state index contributed by atoms with van der Waals surface area (Å²) in [7, 11) is 0. The van der Waals surface area contributed by atoms with Crippen LogP contribution < -0.4 is 0 Å². The van der Waals surface area contributed by atoms with Crippen molar-refractivity contribution in [3.05, 3.63) is 15.9 Å². The third kappa shape index (κ3) is 6.03. The van der Waals surface area contributed by atoms with Crippen molar-refractivity contribution >= 4 is 39.8 Å². The van der Waals surface area contributed by atoms with Gasteiger partial charge in [-0.15, -0.1) is 0 Å². The van der Waals surface area contributed by atoms with Crippen molar-refractivity contribution in [2.45, 2.75) is 72.2 Å². The van der Waals surface area contributed by atoms with Crippen LogP contribution in [0.3, 0.4) is 0 Å². The Hall–Kier alpha value is -2.47. The largest absolute Gasteiger partial charge is 0.463 e. The molecule has 2 rings (SSSR count). The van der Waals surface area contributed by atoms with Crippen molar-refractivity contribution in [3.63, 3.8) is 0 Å². The Kier molecular flexibility index (Phi) is 8.18. The second kappa shape index (κ2) is 10.2. The summed E-state index contributed by atoms with van der Waals surface area (Å²) in [6, 6.07) is 0. The maximum atomic E-state index is 11.9. The lowest BCUT2D eigenvalue weighted by Crippen LogP contribution is -2.60. The Morgan fingerprint density at radius 2 is 1.42 bits per heavy atom. The highest BCUT2D eigenvalue weighted by Crippen LogP contribution is 2.36. The fraction of sp³-hybridized carbons (Fsp3) is 0.632. The first-order chi connectivity index (χ1) is 14.4. The number of nitrogens with zero attached hydrogens (tertiary/aromatic N) is 2. The van der Waals surface area contributed by atoms with Gasteiger partial charge < -0.3 is 23.7 Å². The molecule has 1 aliphatic rings. The zero-order valence-electron chi connectivity index (χ0n) is 18.0. The van der Waals surface area contributed by atoms with Crippen molar-refractivity contribution in [1.82, 2.24) is 9.78 Å². The van der Waals surface area contributed by atoms with Gasteiger partial charge in [0.2, 0.25) is 0 Å². The van der Waals surface area contributed by atoms with E-state index in [1.54, 1.807) is 13.8 Å². The molecule has 0 radical (unpaired) electrons. The summed E-state index contributed by atoms with van der Waals surface area (Å²) in [4.78, 5) is 46.9. The van der Waals surface area contributed by atoms with Gasteiger partial charge in [0.1, 0.15) is 12.7 Å². The molecule has 31 heavy (non-hydrogen) atoms. The van der Waals surface area contributed by atoms with Crippen LogP contribution in [0.5, 0.6) is 0 Å². The summed E-state index contributed by atoms with van der Waals surface area (Å²) in [5.41, 5.74) is 1.30. The highest BCUT2D eigenvalue weighted by molar-refractivity contribution is 9.10. The average molecular weight is 505 g/mol. The molecule has 0 aromatic carbocycles. The number of hydrogen-bond donors (Lipinski definition) is 0. The van der Waals surface area contributed by atoms with Gasteiger partial charge in [0, 0.05) is 27.7 Å². The maximum Gasteiger partial charge on any atom is 0.303 e. The summed E-state index contributed by atoms with van der Waals surface area (Å²) in [5.74, 6) is -2.63. The van der Waals surface area contributed by atoms with Crippen LogP contribution >= 0.6 is 15.9 Å². The van der Waals surface area contributed by atoms with E-state index in [0.717, 1.165) is 0 Å². The van der Waals surface area contributed by atoms with Crippen molar-refractivity contribution < 1.29 is 42.9 Å². The molecule has 0 spiro atoms. The molecule has 2 heterocycles. The Morgan fingerprint density at radius 3 is 1.87 bits per heavy atom. The quantitative estimate of drug-likeness (QED) is 0.414. The standard InChI is InChI=1S/C19H25BrN2O9/c1-8-15(20)9(2)22(21-8)19-18(30-13(6)26)17(29-12(5)25)16(28-11(4)24)14(31-19)7-27-10(3)23/h14,16-19H,7H2,1-6H3/t14-,16-,17+,18-,19-/m1/s1. The van der Waals surface area contributed by atoms with Gasteiger partial charge in [-0.1, -0.05) is 0 Å². The molecule has 0 N–H and O–H groups in total. The average Bonchev–Trinajstić information content (AvgIpc) is 2.89. The van der Waals surface area contributed by atoms with Crippen molar-refractivity contribution in [3.8, 4) is 0 Å². The molecule has 1 aromatic heterocycles. The van der Waals surface area contributed by atoms with Crippen LogP contribution in [-0.2, 0) is 42.9 Å². The van der Waals surface area contributed by atoms with Gasteiger partial charge in [0.05, 0.1) is 15.9 Å². The first-order valence-electron chi connectivity index (χ1n) is 9.44. The van der Waals surface area contributed by atoms with Crippen molar-refractivity contribution in [2.75, 3.05) is 6.61 Å². The summed E-state index contributed by atoms with van der Waals surface area (Å²) < 4.78 is 29.5. The lowest BCUT2D eigenvalue weighted by molar-refractivity contribution is -0.270. The number of aromatic nitrogens is 2. The van der Waals surface area contributed by atoms with Crippen LogP contribution in [0, 0.1) is 13.8 Å². The minimum absolute atomic E-state index is 0.297. The lowest BCUT2D eigenvalue weighted by atomic mass is 9.97. The van der Waals surface area contributed by atoms with Gasteiger partial charge in [-0.25, -0.2) is 4.68 Å². The van der Waals surface area contributed by atoms with Crippen LogP contribution in [-0.4, -0.2) is 64.7 Å². The Balaban J connectivity index is 2.59. The Morgan fingerprint density at radius 1 is 0.903 bits per heavy atom. The molecule has 1 fully saturated rings. The first kappa shape index (κ1) is 24.8. The molecule has 172 valence electrons. The molecule has 12 heteroatoms. The first-order valence-corrected chi connectivity index (χ1v) is 10.2. The van der Waals surface area contributed by atoms with Gasteiger partial charge in [-0.2, -0.15) is 5.10 Å². The van der Waals surface area contributed by atoms with Gasteiger partial charge in [-0.3, -0.25) is 19.2 Å². The van der Waals surface area contributed by atoms with E-state index in [9.17, 15) is 19.2 Å². The molecule has 0 unspecified atom stereocenters. The highest BCUT2D eigenvalue weighted by atomic mass is 79.9. The molecule has 1 saturated heterocycles. The van der Waals surface area contributed by atoms with Gasteiger partial charge in [0.25, 0.3) is 0 Å². The van der Waals surface area contributed by atoms with Crippen LogP contribution in [0.1, 0.15) is 45.3 Å². The topological polar surface area (TPSA) is 132 Å². The number of aryl methyl sites for hydroxylation is 1. The fourth-order valence-electron chi connectivity index (χ4n) is 3.29. The lowest BCUT2D eigenvalue weighted by Gasteiger charge is -2.44. The Bertz CT molecular complexity index is 869. The number of hydrogen-bond acceptors (Lipinski definition) is 10. The molecule has 0 aliphatic carbocycles. The highest BCUT2D eigenvalue weighted by Gasteiger charge is 2.53. The minimum atomic E-state index is -1.24. The molecular weight excluding hydrogens is 480 g/mol. The van der Waals surface area contributed by atoms with E-state index in [1.165, 1.54) is 32.4 Å². The zero-order chi connectivity index (χ0) is 23.5. The summed E-state index contributed by atoms with van der Waals surface area (Å²) in [5, 5.41) is 4.42. The monoisotopic (exact) mass is 504 g/mol. The van der Waals surface area contributed by atoms with E-state index < -0.39 is 54.5 Å². The number of rotatable bonds is 6. The van der Waals surface area contributed by atoms with Crippen LogP contribution in [0.4, 0.5) is 0 Å². The van der Waals surface area contributed by atoms with Crippen molar-refractivity contribution in [2.24, 2.45) is 0 Å². The molecule has 0 saturated carbocycles. The second-order valence-corrected chi connectivity index (χ2v) is 7.81. The summed E-state index contributed by atoms with van der Waals surface area (Å²) >= 11 is 3.43. The predicted molar refractivity (Wildman–Crippen MR) is 107 cm³/mol. The molecule has 0 amide bonds. The number of carbonyl (C=O) groups is 4. The van der Waals surface area contributed by atoms with Crippen LogP contribution in [0.15, 0.2) is 4.47 Å². The summed E-state index contributed by atoms with van der Waals surface area (Å²) in [6.07, 6.45) is -5.75. The molecule has 11 nitrogen and oxygen atoms in total. The molecular formula is C19H25BrN2O9. The fourth-order valence-corrected chi connectivity index (χ4v) is 3.55. The number of esters is 4. The van der Waals surface area contributed by atoms with E-state index >= 15 is 0 Å². The van der Waals surface area contributed by atoms with Gasteiger partial charge in [-0.05, 0) is 29.8 Å². The third-order valence-electron chi connectivity index (χ3n) is 4.44. The third-order valence-corrected chi connectivity index (χ3v) is 5.59. The van der Waals surface area contributed by atoms with E-state index in [0.29, 0.717) is 15.9 Å². The second-order valence-electron chi connectivity index (χ2n) is 7.02. The Labute approximate surface area is 187 Å². The molecule has 1 aromatic rings. The maximum absolute atomic E-state index is 11.9. The number of carbonyl (C=O) groups excluding carboxylic acids is 4. The molecule has 1 aliphatic heterocycles. The van der Waals surface area contributed by atoms with Gasteiger partial charge >= 0.3 is 23.9 Å². The van der Waals surface area contributed by atoms with Crippen LogP contribution in [0.2, 0.25) is 0 Å². The van der Waals surface area contributed by atoms with E-state index in [-0.39, 0.29) is 6.61 Å². The van der Waals surface area contributed by atoms with E-state index in [4.69, 9.17) is 23.7 Å². The van der Waals surface area contributed by atoms with Crippen LogP contribution in [0.25, 0.3) is 0 Å².